The molecule has 5 heteroatoms. The van der Waals surface area contributed by atoms with Gasteiger partial charge in [0.1, 0.15) is 0 Å². The van der Waals surface area contributed by atoms with Crippen LogP contribution in [0.15, 0.2) is 12.7 Å². The van der Waals surface area contributed by atoms with E-state index in [1.807, 2.05) is 17.9 Å². The number of rotatable bonds is 7. The van der Waals surface area contributed by atoms with Crippen LogP contribution in [0.1, 0.15) is 41.0 Å². The van der Waals surface area contributed by atoms with Crippen molar-refractivity contribution in [2.24, 2.45) is 23.0 Å². The predicted molar refractivity (Wildman–Crippen MR) is 92.8 cm³/mol. The number of likely N-dealkylation sites (tertiary alicyclic amines) is 1. The van der Waals surface area contributed by atoms with Crippen LogP contribution in [0.3, 0.4) is 0 Å². The lowest BCUT2D eigenvalue weighted by molar-refractivity contribution is -0.141. The van der Waals surface area contributed by atoms with Crippen molar-refractivity contribution >= 4 is 5.91 Å². The fraction of sp³-hybridized carbons (Fsp3) is 0.833. The van der Waals surface area contributed by atoms with Gasteiger partial charge in [-0.2, -0.15) is 0 Å². The van der Waals surface area contributed by atoms with Crippen molar-refractivity contribution in [2.45, 2.75) is 52.7 Å². The number of carbonyl (C=O) groups excluding carboxylic acids is 1. The van der Waals surface area contributed by atoms with E-state index in [1.54, 1.807) is 7.11 Å². The Kier molecular flexibility index (Phi) is 6.81. The first-order chi connectivity index (χ1) is 10.6. The van der Waals surface area contributed by atoms with E-state index in [9.17, 15) is 4.79 Å². The van der Waals surface area contributed by atoms with E-state index >= 15 is 0 Å². The number of methoxy groups -OCH3 is 1. The maximum absolute atomic E-state index is 13.0. The summed E-state index contributed by atoms with van der Waals surface area (Å²) in [6, 6.07) is -0.0156. The first-order valence-corrected chi connectivity index (χ1v) is 8.39. The van der Waals surface area contributed by atoms with Crippen LogP contribution >= 0.6 is 0 Å². The van der Waals surface area contributed by atoms with E-state index in [0.717, 1.165) is 6.42 Å². The third-order valence-electron chi connectivity index (χ3n) is 5.43. The average molecular weight is 326 g/mol. The van der Waals surface area contributed by atoms with Gasteiger partial charge in [0.15, 0.2) is 0 Å². The quantitative estimate of drug-likeness (QED) is 0.576. The molecule has 0 aromatic carbocycles. The van der Waals surface area contributed by atoms with Gasteiger partial charge >= 0.3 is 0 Å². The van der Waals surface area contributed by atoms with Gasteiger partial charge in [-0.3, -0.25) is 4.79 Å². The summed E-state index contributed by atoms with van der Waals surface area (Å²) >= 11 is 0. The normalized spacial score (nSPS) is 27.8. The Bertz CT molecular complexity index is 419. The van der Waals surface area contributed by atoms with Gasteiger partial charge in [-0.05, 0) is 5.41 Å². The summed E-state index contributed by atoms with van der Waals surface area (Å²) in [5.41, 5.74) is 4.98. The van der Waals surface area contributed by atoms with Crippen molar-refractivity contribution in [3.63, 3.8) is 0 Å². The number of ether oxygens (including phenoxy) is 2. The summed E-state index contributed by atoms with van der Waals surface area (Å²) in [6.07, 6.45) is 2.63. The fourth-order valence-corrected chi connectivity index (χ4v) is 3.10. The Morgan fingerprint density at radius 2 is 2.09 bits per heavy atom. The van der Waals surface area contributed by atoms with Crippen molar-refractivity contribution in [3.8, 4) is 0 Å². The van der Waals surface area contributed by atoms with Crippen molar-refractivity contribution in [1.82, 2.24) is 4.90 Å². The lowest BCUT2D eigenvalue weighted by Crippen LogP contribution is -2.46. The van der Waals surface area contributed by atoms with E-state index in [0.29, 0.717) is 13.2 Å². The Morgan fingerprint density at radius 3 is 2.52 bits per heavy atom. The number of amides is 1. The molecule has 0 saturated carbocycles. The number of hydrogen-bond donors (Lipinski definition) is 1. The molecule has 1 heterocycles. The average Bonchev–Trinajstić information content (AvgIpc) is 2.89. The van der Waals surface area contributed by atoms with Crippen LogP contribution in [-0.4, -0.2) is 49.4 Å². The molecule has 0 spiro atoms. The maximum atomic E-state index is 13.0. The van der Waals surface area contributed by atoms with Crippen LogP contribution in [0, 0.1) is 17.3 Å². The van der Waals surface area contributed by atoms with Crippen LogP contribution in [0.25, 0.3) is 0 Å². The maximum Gasteiger partial charge on any atom is 0.226 e. The standard InChI is InChI=1S/C18H34N2O3/c1-8-13(2)18(22-7)9-15(10-23-12-19)20(11-18)16(21)14(3)17(4,5)6/h8,13-15H,1,9-12,19H2,2-7H3/t13?,14-,15-,18-/m0/s1. The fourth-order valence-electron chi connectivity index (χ4n) is 3.10. The van der Waals surface area contributed by atoms with E-state index in [1.165, 1.54) is 0 Å². The molecule has 4 atom stereocenters. The minimum Gasteiger partial charge on any atom is -0.376 e. The molecular formula is C18H34N2O3. The van der Waals surface area contributed by atoms with E-state index < -0.39 is 5.60 Å². The minimum absolute atomic E-state index is 0.0156. The Morgan fingerprint density at radius 1 is 1.48 bits per heavy atom. The summed E-state index contributed by atoms with van der Waals surface area (Å²) in [4.78, 5) is 15.0. The Labute approximate surface area is 141 Å². The molecule has 5 nitrogen and oxygen atoms in total. The smallest absolute Gasteiger partial charge is 0.226 e. The third kappa shape index (κ3) is 4.34. The molecule has 1 fully saturated rings. The zero-order valence-electron chi connectivity index (χ0n) is 15.6. The lowest BCUT2D eigenvalue weighted by Gasteiger charge is -2.35. The Hall–Kier alpha value is -0.910. The van der Waals surface area contributed by atoms with Gasteiger partial charge in [0.05, 0.1) is 31.5 Å². The van der Waals surface area contributed by atoms with Crippen molar-refractivity contribution in [1.29, 1.82) is 0 Å². The molecule has 0 bridgehead atoms. The molecule has 1 amide bonds. The second-order valence-electron chi connectivity index (χ2n) is 7.74. The highest BCUT2D eigenvalue weighted by atomic mass is 16.5. The molecule has 1 aliphatic heterocycles. The highest BCUT2D eigenvalue weighted by Crippen LogP contribution is 2.39. The number of nitrogens with zero attached hydrogens (tertiary/aromatic N) is 1. The summed E-state index contributed by atoms with van der Waals surface area (Å²) in [7, 11) is 1.71. The second kappa shape index (κ2) is 7.77. The largest absolute Gasteiger partial charge is 0.376 e. The molecule has 0 radical (unpaired) electrons. The zero-order valence-corrected chi connectivity index (χ0v) is 15.6. The zero-order chi connectivity index (χ0) is 17.8. The minimum atomic E-state index is -0.405. The Balaban J connectivity index is 3.06. The third-order valence-corrected chi connectivity index (χ3v) is 5.43. The molecule has 1 aliphatic rings. The van der Waals surface area contributed by atoms with Crippen LogP contribution < -0.4 is 5.73 Å². The highest BCUT2D eigenvalue weighted by Gasteiger charge is 2.50. The number of nitrogens with two attached hydrogens (primary N) is 1. The van der Waals surface area contributed by atoms with Gasteiger partial charge < -0.3 is 20.1 Å². The number of hydrogen-bond acceptors (Lipinski definition) is 4. The van der Waals surface area contributed by atoms with Crippen molar-refractivity contribution in [2.75, 3.05) is 27.0 Å². The van der Waals surface area contributed by atoms with Gasteiger partial charge in [0, 0.05) is 25.4 Å². The van der Waals surface area contributed by atoms with Gasteiger partial charge in [0.2, 0.25) is 5.91 Å². The van der Waals surface area contributed by atoms with Gasteiger partial charge in [-0.1, -0.05) is 40.7 Å². The highest BCUT2D eigenvalue weighted by molar-refractivity contribution is 5.80. The predicted octanol–water partition coefficient (Wildman–Crippen LogP) is 2.41. The molecule has 23 heavy (non-hydrogen) atoms. The molecule has 2 N–H and O–H groups in total. The van der Waals surface area contributed by atoms with Gasteiger partial charge in [-0.25, -0.2) is 0 Å². The molecule has 0 aromatic rings. The van der Waals surface area contributed by atoms with Crippen LogP contribution in [0.4, 0.5) is 0 Å². The molecule has 1 unspecified atom stereocenters. The van der Waals surface area contributed by atoms with Gasteiger partial charge in [-0.15, -0.1) is 6.58 Å². The summed E-state index contributed by atoms with van der Waals surface area (Å²) in [5, 5.41) is 0. The monoisotopic (exact) mass is 326 g/mol. The van der Waals surface area contributed by atoms with Crippen LogP contribution in [-0.2, 0) is 14.3 Å². The molecule has 1 rings (SSSR count). The van der Waals surface area contributed by atoms with Crippen LogP contribution in [0.2, 0.25) is 0 Å². The second-order valence-corrected chi connectivity index (χ2v) is 7.74. The molecule has 0 aliphatic carbocycles. The summed E-state index contributed by atoms with van der Waals surface area (Å²) < 4.78 is 11.3. The summed E-state index contributed by atoms with van der Waals surface area (Å²) in [6.45, 7) is 15.4. The molecule has 134 valence electrons. The first-order valence-electron chi connectivity index (χ1n) is 8.39. The number of carbonyl (C=O) groups is 1. The van der Waals surface area contributed by atoms with Crippen LogP contribution in [0.5, 0.6) is 0 Å². The first kappa shape index (κ1) is 20.1. The van der Waals surface area contributed by atoms with Crippen molar-refractivity contribution < 1.29 is 14.3 Å². The summed E-state index contributed by atoms with van der Waals surface area (Å²) in [5.74, 6) is 0.225. The SMILES string of the molecule is C=CC(C)[C@]1(OC)C[C@@H](COCN)N(C(=O)[C@H](C)C(C)(C)C)C1. The van der Waals surface area contributed by atoms with E-state index in [-0.39, 0.29) is 35.9 Å². The topological polar surface area (TPSA) is 64.8 Å². The lowest BCUT2D eigenvalue weighted by atomic mass is 9.81. The van der Waals surface area contributed by atoms with E-state index in [2.05, 4.69) is 34.3 Å². The van der Waals surface area contributed by atoms with Crippen molar-refractivity contribution in [3.05, 3.63) is 12.7 Å². The molecular weight excluding hydrogens is 292 g/mol. The molecule has 1 saturated heterocycles. The van der Waals surface area contributed by atoms with Gasteiger partial charge in [0.25, 0.3) is 0 Å². The molecule has 0 aromatic heterocycles. The van der Waals surface area contributed by atoms with E-state index in [4.69, 9.17) is 15.2 Å².